The zero-order valence-corrected chi connectivity index (χ0v) is 16.9. The van der Waals surface area contributed by atoms with Gasteiger partial charge in [0.1, 0.15) is 10.7 Å². The van der Waals surface area contributed by atoms with Gasteiger partial charge in [0.2, 0.25) is 15.9 Å². The summed E-state index contributed by atoms with van der Waals surface area (Å²) in [5.41, 5.74) is 0.124. The van der Waals surface area contributed by atoms with Gasteiger partial charge in [-0.2, -0.15) is 4.31 Å². The van der Waals surface area contributed by atoms with E-state index in [9.17, 15) is 17.6 Å². The lowest BCUT2D eigenvalue weighted by atomic mass is 10.2. The van der Waals surface area contributed by atoms with Crippen molar-refractivity contribution in [2.45, 2.75) is 17.9 Å². The molecule has 1 unspecified atom stereocenters. The van der Waals surface area contributed by atoms with Gasteiger partial charge in [0.15, 0.2) is 0 Å². The average molecular weight is 426 g/mol. The van der Waals surface area contributed by atoms with E-state index in [4.69, 9.17) is 11.6 Å². The van der Waals surface area contributed by atoms with Gasteiger partial charge in [0.05, 0.1) is 16.8 Å². The topological polar surface area (TPSA) is 69.7 Å². The van der Waals surface area contributed by atoms with Gasteiger partial charge < -0.3 is 5.32 Å². The minimum Gasteiger partial charge on any atom is -0.322 e. The first-order chi connectivity index (χ1) is 13.3. The Kier molecular flexibility index (Phi) is 6.34. The van der Waals surface area contributed by atoms with Crippen LogP contribution in [0.1, 0.15) is 6.92 Å². The Morgan fingerprint density at radius 1 is 1.07 bits per heavy atom. The lowest BCUT2D eigenvalue weighted by molar-refractivity contribution is -0.121. The second-order valence-electron chi connectivity index (χ2n) is 6.52. The fourth-order valence-corrected chi connectivity index (χ4v) is 5.01. The number of rotatable bonds is 5. The highest BCUT2D eigenvalue weighted by Crippen LogP contribution is 2.25. The summed E-state index contributed by atoms with van der Waals surface area (Å²) in [5.74, 6) is -0.841. The molecule has 0 aromatic heterocycles. The largest absolute Gasteiger partial charge is 0.322 e. The maximum absolute atomic E-state index is 13.7. The first kappa shape index (κ1) is 20.7. The van der Waals surface area contributed by atoms with Gasteiger partial charge in [-0.15, -0.1) is 0 Å². The Morgan fingerprint density at radius 2 is 1.68 bits per heavy atom. The van der Waals surface area contributed by atoms with Gasteiger partial charge in [0.25, 0.3) is 0 Å². The van der Waals surface area contributed by atoms with Crippen LogP contribution in [0.3, 0.4) is 0 Å². The third-order valence-electron chi connectivity index (χ3n) is 4.79. The molecule has 1 N–H and O–H groups in total. The van der Waals surface area contributed by atoms with Gasteiger partial charge in [0, 0.05) is 26.2 Å². The van der Waals surface area contributed by atoms with E-state index in [0.29, 0.717) is 13.1 Å². The zero-order chi connectivity index (χ0) is 20.3. The molecule has 1 aliphatic rings. The Balaban J connectivity index is 1.62. The van der Waals surface area contributed by atoms with Gasteiger partial charge >= 0.3 is 0 Å². The number of halogens is 2. The number of sulfonamides is 1. The van der Waals surface area contributed by atoms with E-state index < -0.39 is 21.9 Å². The van der Waals surface area contributed by atoms with E-state index in [0.717, 1.165) is 0 Å². The molecule has 2 aromatic carbocycles. The van der Waals surface area contributed by atoms with Crippen LogP contribution in [0.25, 0.3) is 0 Å². The van der Waals surface area contributed by atoms with Crippen molar-refractivity contribution in [2.75, 3.05) is 31.5 Å². The minimum atomic E-state index is -3.69. The zero-order valence-electron chi connectivity index (χ0n) is 15.3. The van der Waals surface area contributed by atoms with E-state index >= 15 is 0 Å². The van der Waals surface area contributed by atoms with Crippen LogP contribution in [-0.4, -0.2) is 55.8 Å². The third-order valence-corrected chi connectivity index (χ3v) is 7.19. The molecule has 0 saturated carbocycles. The number of carbonyl (C=O) groups is 1. The number of para-hydroxylation sites is 1. The van der Waals surface area contributed by atoms with E-state index in [-0.39, 0.29) is 34.6 Å². The molecule has 1 atom stereocenters. The van der Waals surface area contributed by atoms with Crippen LogP contribution >= 0.6 is 11.6 Å². The molecule has 0 aliphatic carbocycles. The Labute approximate surface area is 168 Å². The fraction of sp³-hybridized carbons (Fsp3) is 0.316. The molecule has 150 valence electrons. The first-order valence-corrected chi connectivity index (χ1v) is 10.7. The summed E-state index contributed by atoms with van der Waals surface area (Å²) in [6.07, 6.45) is 0. The maximum Gasteiger partial charge on any atom is 0.244 e. The second kappa shape index (κ2) is 8.57. The number of nitrogens with zero attached hydrogens (tertiary/aromatic N) is 2. The molecule has 6 nitrogen and oxygen atoms in total. The van der Waals surface area contributed by atoms with Crippen molar-refractivity contribution >= 4 is 33.2 Å². The Morgan fingerprint density at radius 3 is 2.32 bits per heavy atom. The van der Waals surface area contributed by atoms with Crippen molar-refractivity contribution in [1.29, 1.82) is 0 Å². The third kappa shape index (κ3) is 4.35. The van der Waals surface area contributed by atoms with E-state index in [1.54, 1.807) is 37.3 Å². The lowest BCUT2D eigenvalue weighted by Crippen LogP contribution is -2.54. The van der Waals surface area contributed by atoms with E-state index in [1.165, 1.54) is 22.5 Å². The molecule has 1 heterocycles. The SMILES string of the molecule is CC(C(=O)Nc1ccccc1F)N1CCN(S(=O)(=O)c2ccccc2Cl)CC1. The summed E-state index contributed by atoms with van der Waals surface area (Å²) in [7, 11) is -3.69. The summed E-state index contributed by atoms with van der Waals surface area (Å²) in [4.78, 5) is 14.4. The number of carbonyl (C=O) groups excluding carboxylic acids is 1. The molecule has 2 aromatic rings. The summed E-state index contributed by atoms with van der Waals surface area (Å²) >= 11 is 6.04. The molecule has 1 amide bonds. The predicted molar refractivity (Wildman–Crippen MR) is 106 cm³/mol. The van der Waals surface area contributed by atoms with Crippen LogP contribution in [0.15, 0.2) is 53.4 Å². The molecular formula is C19H21ClFN3O3S. The number of hydrogen-bond acceptors (Lipinski definition) is 4. The van der Waals surface area contributed by atoms with Crippen molar-refractivity contribution in [1.82, 2.24) is 9.21 Å². The number of hydrogen-bond donors (Lipinski definition) is 1. The molecule has 9 heteroatoms. The maximum atomic E-state index is 13.7. The highest BCUT2D eigenvalue weighted by atomic mass is 35.5. The lowest BCUT2D eigenvalue weighted by Gasteiger charge is -2.36. The van der Waals surface area contributed by atoms with Gasteiger partial charge in [-0.3, -0.25) is 9.69 Å². The van der Waals surface area contributed by atoms with Crippen molar-refractivity contribution < 1.29 is 17.6 Å². The van der Waals surface area contributed by atoms with Crippen molar-refractivity contribution in [3.8, 4) is 0 Å². The predicted octanol–water partition coefficient (Wildman–Crippen LogP) is 2.81. The molecule has 3 rings (SSSR count). The smallest absolute Gasteiger partial charge is 0.244 e. The van der Waals surface area contributed by atoms with Crippen molar-refractivity contribution in [3.05, 3.63) is 59.4 Å². The Bertz CT molecular complexity index is 962. The molecule has 28 heavy (non-hydrogen) atoms. The van der Waals surface area contributed by atoms with Crippen LogP contribution in [0.2, 0.25) is 5.02 Å². The quantitative estimate of drug-likeness (QED) is 0.799. The first-order valence-electron chi connectivity index (χ1n) is 8.85. The molecule has 1 fully saturated rings. The molecule has 0 radical (unpaired) electrons. The number of nitrogens with one attached hydrogen (secondary N) is 1. The molecule has 0 spiro atoms. The fourth-order valence-electron chi connectivity index (χ4n) is 3.09. The normalized spacial score (nSPS) is 17.2. The summed E-state index contributed by atoms with van der Waals surface area (Å²) in [6, 6.07) is 11.8. The van der Waals surface area contributed by atoms with Crippen molar-refractivity contribution in [3.63, 3.8) is 0 Å². The summed E-state index contributed by atoms with van der Waals surface area (Å²) in [5, 5.41) is 2.76. The molecule has 1 saturated heterocycles. The Hall–Kier alpha value is -2.00. The molecular weight excluding hydrogens is 405 g/mol. The van der Waals surface area contributed by atoms with E-state index in [1.807, 2.05) is 4.90 Å². The van der Waals surface area contributed by atoms with Crippen LogP contribution in [0.4, 0.5) is 10.1 Å². The van der Waals surface area contributed by atoms with Crippen LogP contribution in [0, 0.1) is 5.82 Å². The molecule has 0 bridgehead atoms. The monoisotopic (exact) mass is 425 g/mol. The standard InChI is InChI=1S/C19H21ClFN3O3S/c1-14(19(25)22-17-8-4-3-7-16(17)21)23-10-12-24(13-11-23)28(26,27)18-9-5-2-6-15(18)20/h2-9,14H,10-13H2,1H3,(H,22,25). The highest BCUT2D eigenvalue weighted by Gasteiger charge is 2.32. The second-order valence-corrected chi connectivity index (χ2v) is 8.83. The van der Waals surface area contributed by atoms with Crippen LogP contribution < -0.4 is 5.32 Å². The number of piperazine rings is 1. The van der Waals surface area contributed by atoms with Gasteiger partial charge in [-0.25, -0.2) is 12.8 Å². The number of anilines is 1. The summed E-state index contributed by atoms with van der Waals surface area (Å²) in [6.45, 7) is 2.97. The van der Waals surface area contributed by atoms with Crippen molar-refractivity contribution in [2.24, 2.45) is 0 Å². The van der Waals surface area contributed by atoms with E-state index in [2.05, 4.69) is 5.32 Å². The number of benzene rings is 2. The van der Waals surface area contributed by atoms with Crippen LogP contribution in [-0.2, 0) is 14.8 Å². The summed E-state index contributed by atoms with van der Waals surface area (Å²) < 4.78 is 40.7. The number of amides is 1. The van der Waals surface area contributed by atoms with Gasteiger partial charge in [-0.05, 0) is 31.2 Å². The highest BCUT2D eigenvalue weighted by molar-refractivity contribution is 7.89. The average Bonchev–Trinajstić information content (AvgIpc) is 2.69. The van der Waals surface area contributed by atoms with Crippen LogP contribution in [0.5, 0.6) is 0 Å². The van der Waals surface area contributed by atoms with Gasteiger partial charge in [-0.1, -0.05) is 35.9 Å². The molecule has 1 aliphatic heterocycles. The minimum absolute atomic E-state index is 0.0791.